The Kier molecular flexibility index (Phi) is 3.43. The van der Waals surface area contributed by atoms with Crippen LogP contribution in [0, 0.1) is 0 Å². The fraction of sp³-hybridized carbons (Fsp3) is 0.500. The number of pyridine rings is 1. The van der Waals surface area contributed by atoms with Crippen LogP contribution in [0.2, 0.25) is 0 Å². The molecule has 0 aliphatic carbocycles. The molecule has 82 valence electrons. The van der Waals surface area contributed by atoms with E-state index in [-0.39, 0.29) is 6.10 Å². The molecule has 0 amide bonds. The van der Waals surface area contributed by atoms with E-state index in [2.05, 4.69) is 20.9 Å². The number of hydrogen-bond donors (Lipinski definition) is 1. The van der Waals surface area contributed by atoms with Crippen molar-refractivity contribution in [3.05, 3.63) is 16.7 Å². The molecular formula is C10H13BrN2O2. The van der Waals surface area contributed by atoms with Crippen molar-refractivity contribution in [1.82, 2.24) is 4.98 Å². The summed E-state index contributed by atoms with van der Waals surface area (Å²) < 4.78 is 11.8. The van der Waals surface area contributed by atoms with Crippen molar-refractivity contribution in [1.29, 1.82) is 0 Å². The van der Waals surface area contributed by atoms with Gasteiger partial charge in [-0.05, 0) is 34.8 Å². The third-order valence-corrected chi connectivity index (χ3v) is 2.83. The van der Waals surface area contributed by atoms with Crippen LogP contribution < -0.4 is 10.5 Å². The summed E-state index contributed by atoms with van der Waals surface area (Å²) in [5, 5.41) is 0. The van der Waals surface area contributed by atoms with Crippen LogP contribution in [0.1, 0.15) is 12.8 Å². The molecule has 0 radical (unpaired) electrons. The topological polar surface area (TPSA) is 57.4 Å². The Balaban J connectivity index is 1.92. The summed E-state index contributed by atoms with van der Waals surface area (Å²) in [6.45, 7) is 1.39. The molecule has 0 aromatic carbocycles. The first kappa shape index (κ1) is 10.7. The van der Waals surface area contributed by atoms with Crippen molar-refractivity contribution in [2.45, 2.75) is 18.9 Å². The molecule has 0 saturated carbocycles. The van der Waals surface area contributed by atoms with Crippen molar-refractivity contribution in [3.8, 4) is 5.88 Å². The summed E-state index contributed by atoms with van der Waals surface area (Å²) in [5.41, 5.74) is 6.19. The van der Waals surface area contributed by atoms with Gasteiger partial charge in [-0.3, -0.25) is 0 Å². The Morgan fingerprint density at radius 1 is 1.67 bits per heavy atom. The van der Waals surface area contributed by atoms with Gasteiger partial charge in [0, 0.05) is 6.61 Å². The molecule has 1 unspecified atom stereocenters. The normalized spacial score (nSPS) is 20.5. The van der Waals surface area contributed by atoms with Crippen LogP contribution in [0.3, 0.4) is 0 Å². The highest BCUT2D eigenvalue weighted by Gasteiger charge is 2.16. The van der Waals surface area contributed by atoms with E-state index in [0.29, 0.717) is 18.2 Å². The molecule has 1 saturated heterocycles. The van der Waals surface area contributed by atoms with Gasteiger partial charge >= 0.3 is 0 Å². The zero-order valence-corrected chi connectivity index (χ0v) is 9.87. The third-order valence-electron chi connectivity index (χ3n) is 2.26. The fourth-order valence-electron chi connectivity index (χ4n) is 1.49. The minimum absolute atomic E-state index is 0.205. The van der Waals surface area contributed by atoms with Crippen LogP contribution in [-0.2, 0) is 4.74 Å². The van der Waals surface area contributed by atoms with Gasteiger partial charge in [-0.15, -0.1) is 0 Å². The average molecular weight is 273 g/mol. The SMILES string of the molecule is Nc1cnc(OCC2CCCO2)c(Br)c1. The van der Waals surface area contributed by atoms with Crippen LogP contribution in [0.4, 0.5) is 5.69 Å². The van der Waals surface area contributed by atoms with E-state index < -0.39 is 0 Å². The monoisotopic (exact) mass is 272 g/mol. The molecular weight excluding hydrogens is 260 g/mol. The van der Waals surface area contributed by atoms with Crippen LogP contribution in [-0.4, -0.2) is 24.3 Å². The first-order valence-corrected chi connectivity index (χ1v) is 5.70. The summed E-state index contributed by atoms with van der Waals surface area (Å²) in [4.78, 5) is 4.09. The smallest absolute Gasteiger partial charge is 0.228 e. The van der Waals surface area contributed by atoms with Crippen molar-refractivity contribution >= 4 is 21.6 Å². The second-order valence-electron chi connectivity index (χ2n) is 3.50. The van der Waals surface area contributed by atoms with Gasteiger partial charge in [0.25, 0.3) is 0 Å². The number of anilines is 1. The molecule has 0 spiro atoms. The lowest BCUT2D eigenvalue weighted by atomic mass is 10.2. The van der Waals surface area contributed by atoms with E-state index in [1.807, 2.05) is 0 Å². The van der Waals surface area contributed by atoms with E-state index in [1.54, 1.807) is 12.3 Å². The first-order valence-electron chi connectivity index (χ1n) is 4.91. The lowest BCUT2D eigenvalue weighted by Crippen LogP contribution is -2.16. The molecule has 1 aromatic rings. The maximum absolute atomic E-state index is 5.57. The molecule has 1 fully saturated rings. The molecule has 5 heteroatoms. The summed E-state index contributed by atoms with van der Waals surface area (Å²) >= 11 is 3.35. The molecule has 1 atom stereocenters. The maximum atomic E-state index is 5.57. The highest BCUT2D eigenvalue weighted by molar-refractivity contribution is 9.10. The van der Waals surface area contributed by atoms with Gasteiger partial charge in [0.05, 0.1) is 22.5 Å². The zero-order valence-electron chi connectivity index (χ0n) is 8.28. The van der Waals surface area contributed by atoms with Crippen molar-refractivity contribution in [2.75, 3.05) is 18.9 Å². The van der Waals surface area contributed by atoms with Gasteiger partial charge in [0.2, 0.25) is 5.88 Å². The summed E-state index contributed by atoms with van der Waals surface area (Å²) in [6, 6.07) is 1.78. The van der Waals surface area contributed by atoms with E-state index >= 15 is 0 Å². The van der Waals surface area contributed by atoms with E-state index in [9.17, 15) is 0 Å². The molecule has 1 aliphatic rings. The Morgan fingerprint density at radius 2 is 2.53 bits per heavy atom. The molecule has 2 heterocycles. The van der Waals surface area contributed by atoms with Gasteiger partial charge in [0.15, 0.2) is 0 Å². The molecule has 2 rings (SSSR count). The quantitative estimate of drug-likeness (QED) is 0.914. The van der Waals surface area contributed by atoms with Crippen LogP contribution >= 0.6 is 15.9 Å². The standard InChI is InChI=1S/C10H13BrN2O2/c11-9-4-7(12)5-13-10(9)15-6-8-2-1-3-14-8/h4-5,8H,1-3,6,12H2. The molecule has 1 aliphatic heterocycles. The van der Waals surface area contributed by atoms with Gasteiger partial charge in [-0.2, -0.15) is 0 Å². The number of aromatic nitrogens is 1. The maximum Gasteiger partial charge on any atom is 0.228 e. The van der Waals surface area contributed by atoms with Crippen LogP contribution in [0.5, 0.6) is 5.88 Å². The Morgan fingerprint density at radius 3 is 3.20 bits per heavy atom. The highest BCUT2D eigenvalue weighted by Crippen LogP contribution is 2.24. The van der Waals surface area contributed by atoms with Gasteiger partial charge in [0.1, 0.15) is 6.61 Å². The van der Waals surface area contributed by atoms with Gasteiger partial charge in [-0.1, -0.05) is 0 Å². The van der Waals surface area contributed by atoms with Crippen LogP contribution in [0.15, 0.2) is 16.7 Å². The Labute approximate surface area is 96.9 Å². The summed E-state index contributed by atoms with van der Waals surface area (Å²) in [7, 11) is 0. The second-order valence-corrected chi connectivity index (χ2v) is 4.36. The van der Waals surface area contributed by atoms with Crippen molar-refractivity contribution < 1.29 is 9.47 Å². The molecule has 2 N–H and O–H groups in total. The van der Waals surface area contributed by atoms with Crippen molar-refractivity contribution in [2.24, 2.45) is 0 Å². The van der Waals surface area contributed by atoms with Gasteiger partial charge in [-0.25, -0.2) is 4.98 Å². The zero-order chi connectivity index (χ0) is 10.7. The minimum Gasteiger partial charge on any atom is -0.474 e. The number of nitrogen functional groups attached to an aromatic ring is 1. The lowest BCUT2D eigenvalue weighted by Gasteiger charge is -2.11. The van der Waals surface area contributed by atoms with E-state index in [1.165, 1.54) is 0 Å². The van der Waals surface area contributed by atoms with E-state index in [0.717, 1.165) is 23.9 Å². The highest BCUT2D eigenvalue weighted by atomic mass is 79.9. The number of nitrogens with two attached hydrogens (primary N) is 1. The molecule has 0 bridgehead atoms. The number of nitrogens with zero attached hydrogens (tertiary/aromatic N) is 1. The van der Waals surface area contributed by atoms with Crippen molar-refractivity contribution in [3.63, 3.8) is 0 Å². The second kappa shape index (κ2) is 4.81. The number of ether oxygens (including phenoxy) is 2. The fourth-order valence-corrected chi connectivity index (χ4v) is 1.98. The third kappa shape index (κ3) is 2.82. The van der Waals surface area contributed by atoms with E-state index in [4.69, 9.17) is 15.2 Å². The predicted octanol–water partition coefficient (Wildman–Crippen LogP) is 1.98. The van der Waals surface area contributed by atoms with Gasteiger partial charge < -0.3 is 15.2 Å². The molecule has 1 aromatic heterocycles. The Bertz CT molecular complexity index is 340. The van der Waals surface area contributed by atoms with Crippen LogP contribution in [0.25, 0.3) is 0 Å². The molecule has 15 heavy (non-hydrogen) atoms. The largest absolute Gasteiger partial charge is 0.474 e. The summed E-state index contributed by atoms with van der Waals surface area (Å²) in [6.07, 6.45) is 3.96. The number of hydrogen-bond acceptors (Lipinski definition) is 4. The molecule has 4 nitrogen and oxygen atoms in total. The predicted molar refractivity (Wildman–Crippen MR) is 60.8 cm³/mol. The number of rotatable bonds is 3. The average Bonchev–Trinajstić information content (AvgIpc) is 2.69. The lowest BCUT2D eigenvalue weighted by molar-refractivity contribution is 0.0660. The Hall–Kier alpha value is -0.810. The minimum atomic E-state index is 0.205. The summed E-state index contributed by atoms with van der Waals surface area (Å²) in [5.74, 6) is 0.569. The number of halogens is 1. The first-order chi connectivity index (χ1) is 7.25.